The lowest BCUT2D eigenvalue weighted by molar-refractivity contribution is 0.0601. The molecule has 2 aromatic rings. The Morgan fingerprint density at radius 2 is 1.85 bits per heavy atom. The first-order valence-corrected chi connectivity index (χ1v) is 13.4. The number of rotatable bonds is 4. The van der Waals surface area contributed by atoms with Crippen molar-refractivity contribution in [1.29, 1.82) is 0 Å². The van der Waals surface area contributed by atoms with E-state index in [0.29, 0.717) is 20.7 Å². The molecule has 2 aliphatic rings. The van der Waals surface area contributed by atoms with E-state index in [1.807, 2.05) is 12.1 Å². The number of ether oxygens (including phenoxy) is 1. The van der Waals surface area contributed by atoms with Gasteiger partial charge in [0.05, 0.1) is 12.7 Å². The minimum absolute atomic E-state index is 0.275. The van der Waals surface area contributed by atoms with Gasteiger partial charge in [-0.1, -0.05) is 42.1 Å². The van der Waals surface area contributed by atoms with Gasteiger partial charge in [-0.05, 0) is 61.2 Å². The topological polar surface area (TPSA) is 44.8 Å². The van der Waals surface area contributed by atoms with Gasteiger partial charge in [-0.3, -0.25) is 4.90 Å². The van der Waals surface area contributed by atoms with Crippen LogP contribution in [0.5, 0.6) is 0 Å². The number of aryl methyl sites for hydroxylation is 1. The number of carbonyl (C=O) groups excluding carboxylic acids is 1. The number of hydrogen-bond acceptors (Lipinski definition) is 5. The Hall–Kier alpha value is -1.38. The second-order valence-electron chi connectivity index (χ2n) is 8.54. The van der Waals surface area contributed by atoms with Gasteiger partial charge in [0.25, 0.3) is 0 Å². The Balaban J connectivity index is 1.40. The average Bonchev–Trinajstić information content (AvgIpc) is 3.11. The molecular formula is C24H29Cl2N3O2S2. The van der Waals surface area contributed by atoms with E-state index in [1.54, 1.807) is 17.4 Å². The van der Waals surface area contributed by atoms with Gasteiger partial charge in [0.2, 0.25) is 0 Å². The summed E-state index contributed by atoms with van der Waals surface area (Å²) in [6.45, 7) is 4.18. The summed E-state index contributed by atoms with van der Waals surface area (Å²) in [6.07, 6.45) is 6.68. The molecule has 1 aliphatic carbocycles. The summed E-state index contributed by atoms with van der Waals surface area (Å²) in [7, 11) is 1.45. The second kappa shape index (κ2) is 11.4. The quantitative estimate of drug-likeness (QED) is 0.389. The lowest BCUT2D eigenvalue weighted by Gasteiger charge is -2.36. The van der Waals surface area contributed by atoms with E-state index < -0.39 is 0 Å². The maximum Gasteiger partial charge on any atom is 0.341 e. The highest BCUT2D eigenvalue weighted by Gasteiger charge is 2.27. The molecule has 0 saturated carbocycles. The van der Waals surface area contributed by atoms with E-state index in [1.165, 1.54) is 24.8 Å². The zero-order chi connectivity index (χ0) is 23.4. The monoisotopic (exact) mass is 525 g/mol. The third-order valence-corrected chi connectivity index (χ3v) is 8.50. The summed E-state index contributed by atoms with van der Waals surface area (Å²) in [6, 6.07) is 5.65. The Morgan fingerprint density at radius 3 is 2.55 bits per heavy atom. The zero-order valence-corrected chi connectivity index (χ0v) is 21.9. The van der Waals surface area contributed by atoms with Gasteiger partial charge >= 0.3 is 5.97 Å². The van der Waals surface area contributed by atoms with Crippen LogP contribution in [0.15, 0.2) is 18.2 Å². The summed E-state index contributed by atoms with van der Waals surface area (Å²) in [5.74, 6) is -0.275. The van der Waals surface area contributed by atoms with Crippen molar-refractivity contribution in [1.82, 2.24) is 9.80 Å². The molecule has 33 heavy (non-hydrogen) atoms. The molecule has 1 fully saturated rings. The predicted molar refractivity (Wildman–Crippen MR) is 141 cm³/mol. The van der Waals surface area contributed by atoms with Crippen LogP contribution in [0.25, 0.3) is 0 Å². The van der Waals surface area contributed by atoms with Crippen molar-refractivity contribution < 1.29 is 9.53 Å². The number of thiophene rings is 1. The van der Waals surface area contributed by atoms with Gasteiger partial charge < -0.3 is 15.0 Å². The van der Waals surface area contributed by atoms with Crippen LogP contribution in [-0.2, 0) is 24.1 Å². The summed E-state index contributed by atoms with van der Waals surface area (Å²) < 4.78 is 5.13. The van der Waals surface area contributed by atoms with Crippen molar-refractivity contribution >= 4 is 62.8 Å². The second-order valence-corrected chi connectivity index (χ2v) is 10.9. The number of nitrogens with one attached hydrogen (secondary N) is 1. The maximum atomic E-state index is 12.7. The first kappa shape index (κ1) is 24.7. The summed E-state index contributed by atoms with van der Waals surface area (Å²) in [5.41, 5.74) is 2.91. The molecule has 2 heterocycles. The number of esters is 1. The Morgan fingerprint density at radius 1 is 1.12 bits per heavy atom. The standard InChI is InChI=1S/C24H29Cl2N3O2S2/c1-31-23(30)21-18-6-4-2-3-5-7-20(18)33-22(21)27-24(32)29-12-10-28(11-13-29)15-16-8-9-17(25)14-19(16)26/h8-9,14H,2-7,10-13,15H2,1H3,(H,27,32). The van der Waals surface area contributed by atoms with Crippen LogP contribution in [0.3, 0.4) is 0 Å². The molecule has 1 aliphatic heterocycles. The number of methoxy groups -OCH3 is 1. The lowest BCUT2D eigenvalue weighted by atomic mass is 9.96. The van der Waals surface area contributed by atoms with Gasteiger partial charge in [0.15, 0.2) is 5.11 Å². The van der Waals surface area contributed by atoms with Gasteiger partial charge in [0.1, 0.15) is 5.00 Å². The first-order chi connectivity index (χ1) is 16.0. The Labute approximate surface area is 215 Å². The molecule has 9 heteroatoms. The van der Waals surface area contributed by atoms with Crippen LogP contribution in [0.1, 0.15) is 52.0 Å². The number of benzene rings is 1. The number of hydrogen-bond donors (Lipinski definition) is 1. The van der Waals surface area contributed by atoms with Gasteiger partial charge in [-0.25, -0.2) is 4.79 Å². The number of halogens is 2. The summed E-state index contributed by atoms with van der Waals surface area (Å²) >= 11 is 19.8. The van der Waals surface area contributed by atoms with Crippen molar-refractivity contribution in [3.63, 3.8) is 0 Å². The van der Waals surface area contributed by atoms with E-state index >= 15 is 0 Å². The van der Waals surface area contributed by atoms with Crippen LogP contribution < -0.4 is 5.32 Å². The SMILES string of the molecule is COC(=O)c1c(NC(=S)N2CCN(Cc3ccc(Cl)cc3Cl)CC2)sc2c1CCCCCC2. The predicted octanol–water partition coefficient (Wildman–Crippen LogP) is 6.02. The zero-order valence-electron chi connectivity index (χ0n) is 18.8. The third-order valence-electron chi connectivity index (χ3n) is 6.35. The van der Waals surface area contributed by atoms with Crippen molar-refractivity contribution in [3.05, 3.63) is 49.8 Å². The molecule has 0 atom stereocenters. The van der Waals surface area contributed by atoms with E-state index in [9.17, 15) is 4.79 Å². The fraction of sp³-hybridized carbons (Fsp3) is 0.500. The molecular weight excluding hydrogens is 497 g/mol. The molecule has 178 valence electrons. The smallest absolute Gasteiger partial charge is 0.341 e. The first-order valence-electron chi connectivity index (χ1n) is 11.4. The van der Waals surface area contributed by atoms with Crippen LogP contribution in [0, 0.1) is 0 Å². The molecule has 1 aromatic carbocycles. The van der Waals surface area contributed by atoms with Gasteiger partial charge in [-0.15, -0.1) is 11.3 Å². The molecule has 0 bridgehead atoms. The summed E-state index contributed by atoms with van der Waals surface area (Å²) in [5, 5.41) is 6.24. The molecule has 1 saturated heterocycles. The highest BCUT2D eigenvalue weighted by Crippen LogP contribution is 2.37. The van der Waals surface area contributed by atoms with E-state index in [4.69, 9.17) is 40.2 Å². The van der Waals surface area contributed by atoms with Crippen molar-refractivity contribution in [2.24, 2.45) is 0 Å². The molecule has 0 spiro atoms. The van der Waals surface area contributed by atoms with Crippen LogP contribution in [0.2, 0.25) is 10.0 Å². The van der Waals surface area contributed by atoms with E-state index in [-0.39, 0.29) is 5.97 Å². The van der Waals surface area contributed by atoms with E-state index in [2.05, 4.69) is 15.1 Å². The highest BCUT2D eigenvalue weighted by atomic mass is 35.5. The summed E-state index contributed by atoms with van der Waals surface area (Å²) in [4.78, 5) is 18.5. The number of carbonyl (C=O) groups is 1. The Bertz CT molecular complexity index is 1020. The molecule has 4 rings (SSSR count). The molecule has 0 unspecified atom stereocenters. The average molecular weight is 527 g/mol. The minimum atomic E-state index is -0.275. The molecule has 1 N–H and O–H groups in total. The highest BCUT2D eigenvalue weighted by molar-refractivity contribution is 7.80. The molecule has 1 aromatic heterocycles. The van der Waals surface area contributed by atoms with Crippen LogP contribution >= 0.6 is 46.8 Å². The van der Waals surface area contributed by atoms with Crippen molar-refractivity contribution in [2.45, 2.75) is 45.1 Å². The lowest BCUT2D eigenvalue weighted by Crippen LogP contribution is -2.49. The van der Waals surface area contributed by atoms with Crippen LogP contribution in [-0.4, -0.2) is 54.2 Å². The Kier molecular flexibility index (Phi) is 8.52. The van der Waals surface area contributed by atoms with Crippen molar-refractivity contribution in [3.8, 4) is 0 Å². The number of anilines is 1. The molecule has 0 radical (unpaired) electrons. The fourth-order valence-corrected chi connectivity index (χ4v) is 6.60. The number of thiocarbonyl (C=S) groups is 1. The van der Waals surface area contributed by atoms with E-state index in [0.717, 1.165) is 74.5 Å². The number of piperazine rings is 1. The molecule has 5 nitrogen and oxygen atoms in total. The number of nitrogens with zero attached hydrogens (tertiary/aromatic N) is 2. The molecule has 0 amide bonds. The van der Waals surface area contributed by atoms with Crippen molar-refractivity contribution in [2.75, 3.05) is 38.6 Å². The van der Waals surface area contributed by atoms with Gasteiger partial charge in [0, 0.05) is 47.6 Å². The van der Waals surface area contributed by atoms with Gasteiger partial charge in [-0.2, -0.15) is 0 Å². The number of fused-ring (bicyclic) bond motifs is 1. The maximum absolute atomic E-state index is 12.7. The third kappa shape index (κ3) is 6.01. The fourth-order valence-electron chi connectivity index (χ4n) is 4.50. The van der Waals surface area contributed by atoms with Crippen LogP contribution in [0.4, 0.5) is 5.00 Å². The minimum Gasteiger partial charge on any atom is -0.465 e. The largest absolute Gasteiger partial charge is 0.465 e. The normalized spacial score (nSPS) is 17.1.